The first-order valence-corrected chi connectivity index (χ1v) is 11.0. The molecule has 0 heterocycles. The number of anilines is 1. The summed E-state index contributed by atoms with van der Waals surface area (Å²) in [6.07, 6.45) is 1.67. The van der Waals surface area contributed by atoms with Crippen LogP contribution in [0.15, 0.2) is 66.1 Å². The lowest BCUT2D eigenvalue weighted by Crippen LogP contribution is -2.42. The Kier molecular flexibility index (Phi) is 8.10. The summed E-state index contributed by atoms with van der Waals surface area (Å²) >= 11 is 1.34. The third-order valence-corrected chi connectivity index (χ3v) is 5.85. The predicted molar refractivity (Wildman–Crippen MR) is 113 cm³/mol. The molecule has 0 aliphatic heterocycles. The van der Waals surface area contributed by atoms with Crippen LogP contribution in [-0.4, -0.2) is 38.8 Å². The largest absolute Gasteiger partial charge is 0.497 e. The average molecular weight is 436 g/mol. The van der Waals surface area contributed by atoms with Crippen molar-refractivity contribution in [2.24, 2.45) is 0 Å². The highest BCUT2D eigenvalue weighted by Crippen LogP contribution is 2.20. The van der Waals surface area contributed by atoms with Crippen LogP contribution in [0.25, 0.3) is 0 Å². The summed E-state index contributed by atoms with van der Waals surface area (Å²) in [6.45, 7) is 3.55. The number of ether oxygens (including phenoxy) is 1. The number of methoxy groups -OCH3 is 1. The molecule has 3 N–H and O–H groups in total. The predicted octanol–water partition coefficient (Wildman–Crippen LogP) is 2.18. The molecule has 8 nitrogen and oxygen atoms in total. The first-order chi connectivity index (χ1) is 13.9. The number of carbonyl (C=O) groups is 2. The van der Waals surface area contributed by atoms with Crippen molar-refractivity contribution in [1.29, 1.82) is 0 Å². The fraction of sp³-hybridized carbons (Fsp3) is 0.158. The molecule has 0 saturated carbocycles. The van der Waals surface area contributed by atoms with Gasteiger partial charge in [-0.3, -0.25) is 25.2 Å². The molecule has 0 radical (unpaired) electrons. The lowest BCUT2D eigenvalue weighted by Gasteiger charge is -2.11. The monoisotopic (exact) mass is 435 g/mol. The van der Waals surface area contributed by atoms with Gasteiger partial charge in [0.25, 0.3) is 15.9 Å². The molecular formula is C19H21N3O5S2. The van der Waals surface area contributed by atoms with E-state index in [0.717, 1.165) is 0 Å². The number of hydrogen-bond donors (Lipinski definition) is 3. The van der Waals surface area contributed by atoms with Gasteiger partial charge in [0, 0.05) is 17.0 Å². The van der Waals surface area contributed by atoms with E-state index in [1.165, 1.54) is 43.1 Å². The van der Waals surface area contributed by atoms with Crippen molar-refractivity contribution >= 4 is 39.3 Å². The molecule has 2 aromatic rings. The lowest BCUT2D eigenvalue weighted by atomic mass is 10.2. The highest BCUT2D eigenvalue weighted by molar-refractivity contribution is 8.00. The van der Waals surface area contributed by atoms with Gasteiger partial charge in [0.2, 0.25) is 5.91 Å². The third-order valence-electron chi connectivity index (χ3n) is 3.53. The molecule has 0 aliphatic rings. The number of carbonyl (C=O) groups excluding carboxylic acids is 2. The fourth-order valence-electron chi connectivity index (χ4n) is 2.15. The molecule has 0 fully saturated rings. The number of hydrazine groups is 1. The summed E-state index contributed by atoms with van der Waals surface area (Å²) in [7, 11) is -2.39. The van der Waals surface area contributed by atoms with Gasteiger partial charge in [0.1, 0.15) is 5.75 Å². The molecule has 2 rings (SSSR count). The average Bonchev–Trinajstić information content (AvgIpc) is 2.72. The van der Waals surface area contributed by atoms with Crippen molar-refractivity contribution in [1.82, 2.24) is 10.9 Å². The minimum atomic E-state index is -3.91. The Hall–Kier alpha value is -2.98. The molecule has 154 valence electrons. The van der Waals surface area contributed by atoms with Gasteiger partial charge in [-0.05, 0) is 42.5 Å². The Morgan fingerprint density at radius 1 is 1.14 bits per heavy atom. The number of hydrogen-bond acceptors (Lipinski definition) is 6. The van der Waals surface area contributed by atoms with Gasteiger partial charge in [-0.25, -0.2) is 8.42 Å². The Morgan fingerprint density at radius 2 is 1.86 bits per heavy atom. The van der Waals surface area contributed by atoms with E-state index in [4.69, 9.17) is 4.74 Å². The quantitative estimate of drug-likeness (QED) is 0.316. The second kappa shape index (κ2) is 10.5. The van der Waals surface area contributed by atoms with Crippen molar-refractivity contribution in [2.45, 2.75) is 4.90 Å². The maximum Gasteiger partial charge on any atom is 0.269 e. The Balaban J connectivity index is 2.03. The molecule has 10 heteroatoms. The van der Waals surface area contributed by atoms with Crippen molar-refractivity contribution in [2.75, 3.05) is 23.3 Å². The minimum Gasteiger partial charge on any atom is -0.497 e. The summed E-state index contributed by atoms with van der Waals surface area (Å²) in [4.78, 5) is 23.8. The smallest absolute Gasteiger partial charge is 0.269 e. The van der Waals surface area contributed by atoms with Crippen LogP contribution >= 0.6 is 11.8 Å². The summed E-state index contributed by atoms with van der Waals surface area (Å²) in [6, 6.07) is 11.8. The van der Waals surface area contributed by atoms with Crippen LogP contribution in [0.5, 0.6) is 5.75 Å². The standard InChI is InChI=1S/C19H21N3O5S2/c1-3-11-28-13-18(23)20-21-19(24)14-5-4-6-17(12-14)29(25,26)22-15-7-9-16(27-2)10-8-15/h3-10,12,22H,1,11,13H2,2H3,(H,20,23)(H,21,24). The number of thioether (sulfide) groups is 1. The second-order valence-corrected chi connectivity index (χ2v) is 8.38. The van der Waals surface area contributed by atoms with Gasteiger partial charge < -0.3 is 4.74 Å². The van der Waals surface area contributed by atoms with Crippen molar-refractivity contribution in [3.05, 3.63) is 66.7 Å². The molecule has 0 aromatic heterocycles. The number of rotatable bonds is 9. The molecule has 0 spiro atoms. The van der Waals surface area contributed by atoms with E-state index in [9.17, 15) is 18.0 Å². The maximum atomic E-state index is 12.6. The lowest BCUT2D eigenvalue weighted by molar-refractivity contribution is -0.119. The zero-order chi connectivity index (χ0) is 21.3. The van der Waals surface area contributed by atoms with Gasteiger partial charge in [0.05, 0.1) is 17.8 Å². The molecule has 0 atom stereocenters. The maximum absolute atomic E-state index is 12.6. The summed E-state index contributed by atoms with van der Waals surface area (Å²) in [5, 5.41) is 0. The molecule has 29 heavy (non-hydrogen) atoms. The number of sulfonamides is 1. The van der Waals surface area contributed by atoms with Crippen molar-refractivity contribution < 1.29 is 22.7 Å². The molecule has 0 aliphatic carbocycles. The van der Waals surface area contributed by atoms with Gasteiger partial charge in [-0.2, -0.15) is 0 Å². The van der Waals surface area contributed by atoms with Crippen LogP contribution < -0.4 is 20.3 Å². The second-order valence-electron chi connectivity index (χ2n) is 5.67. The summed E-state index contributed by atoms with van der Waals surface area (Å²) in [5.41, 5.74) is 4.97. The molecule has 0 bridgehead atoms. The van der Waals surface area contributed by atoms with E-state index in [1.807, 2.05) is 0 Å². The Bertz CT molecular complexity index is 976. The van der Waals surface area contributed by atoms with Crippen LogP contribution in [0.2, 0.25) is 0 Å². The molecular weight excluding hydrogens is 414 g/mol. The van der Waals surface area contributed by atoms with E-state index < -0.39 is 15.9 Å². The van der Waals surface area contributed by atoms with Crippen LogP contribution in [-0.2, 0) is 14.8 Å². The van der Waals surface area contributed by atoms with Gasteiger partial charge >= 0.3 is 0 Å². The zero-order valence-electron chi connectivity index (χ0n) is 15.7. The summed E-state index contributed by atoms with van der Waals surface area (Å²) < 4.78 is 32.6. The van der Waals surface area contributed by atoms with Gasteiger partial charge in [-0.15, -0.1) is 18.3 Å². The van der Waals surface area contributed by atoms with Gasteiger partial charge in [-0.1, -0.05) is 12.1 Å². The third kappa shape index (κ3) is 6.84. The summed E-state index contributed by atoms with van der Waals surface area (Å²) in [5.74, 6) is 0.356. The van der Waals surface area contributed by atoms with Crippen LogP contribution in [0, 0.1) is 0 Å². The normalized spacial score (nSPS) is 10.7. The highest BCUT2D eigenvalue weighted by atomic mass is 32.2. The molecule has 0 saturated heterocycles. The van der Waals surface area contributed by atoms with Crippen LogP contribution in [0.1, 0.15) is 10.4 Å². The highest BCUT2D eigenvalue weighted by Gasteiger charge is 2.17. The minimum absolute atomic E-state index is 0.0849. The van der Waals surface area contributed by atoms with E-state index in [2.05, 4.69) is 22.2 Å². The van der Waals surface area contributed by atoms with E-state index >= 15 is 0 Å². The fourth-order valence-corrected chi connectivity index (χ4v) is 3.79. The first-order valence-electron chi connectivity index (χ1n) is 8.40. The number of nitrogens with one attached hydrogen (secondary N) is 3. The zero-order valence-corrected chi connectivity index (χ0v) is 17.3. The molecule has 2 amide bonds. The number of benzene rings is 2. The Morgan fingerprint density at radius 3 is 2.52 bits per heavy atom. The number of amides is 2. The van der Waals surface area contributed by atoms with Crippen molar-refractivity contribution in [3.8, 4) is 5.75 Å². The topological polar surface area (TPSA) is 114 Å². The molecule has 0 unspecified atom stereocenters. The van der Waals surface area contributed by atoms with E-state index in [1.54, 1.807) is 30.3 Å². The van der Waals surface area contributed by atoms with Crippen LogP contribution in [0.3, 0.4) is 0 Å². The van der Waals surface area contributed by atoms with E-state index in [-0.39, 0.29) is 22.1 Å². The van der Waals surface area contributed by atoms with Crippen LogP contribution in [0.4, 0.5) is 5.69 Å². The van der Waals surface area contributed by atoms with Crippen molar-refractivity contribution in [3.63, 3.8) is 0 Å². The molecule has 2 aromatic carbocycles. The Labute approximate surface area is 173 Å². The van der Waals surface area contributed by atoms with E-state index in [0.29, 0.717) is 17.2 Å². The first kappa shape index (κ1) is 22.3. The van der Waals surface area contributed by atoms with Gasteiger partial charge in [0.15, 0.2) is 0 Å². The SMILES string of the molecule is C=CCSCC(=O)NNC(=O)c1cccc(S(=O)(=O)Nc2ccc(OC)cc2)c1.